The van der Waals surface area contributed by atoms with E-state index < -0.39 is 0 Å². The molecular weight excluding hydrogens is 321 g/mol. The summed E-state index contributed by atoms with van der Waals surface area (Å²) >= 11 is 5.42. The van der Waals surface area contributed by atoms with Crippen LogP contribution in [0, 0.1) is 5.82 Å². The van der Waals surface area contributed by atoms with Crippen LogP contribution in [0.25, 0.3) is 0 Å². The Balaban J connectivity index is 1.68. The molecule has 126 valence electrons. The average molecular weight is 343 g/mol. The first kappa shape index (κ1) is 16.8. The number of nitrogens with zero attached hydrogens (tertiary/aromatic N) is 1. The molecule has 1 aliphatic rings. The van der Waals surface area contributed by atoms with E-state index in [1.54, 1.807) is 24.5 Å². The predicted octanol–water partition coefficient (Wildman–Crippen LogP) is 4.41. The maximum atomic E-state index is 13.3. The van der Waals surface area contributed by atoms with Crippen molar-refractivity contribution in [3.63, 3.8) is 0 Å². The van der Waals surface area contributed by atoms with E-state index in [4.69, 9.17) is 12.2 Å². The molecule has 0 aliphatic heterocycles. The van der Waals surface area contributed by atoms with E-state index in [-0.39, 0.29) is 11.2 Å². The first-order valence-corrected chi connectivity index (χ1v) is 8.80. The predicted molar refractivity (Wildman–Crippen MR) is 99.6 cm³/mol. The zero-order valence-corrected chi connectivity index (χ0v) is 14.4. The molecule has 2 aromatic rings. The van der Waals surface area contributed by atoms with Gasteiger partial charge in [0.25, 0.3) is 0 Å². The first-order valence-electron chi connectivity index (χ1n) is 8.39. The van der Waals surface area contributed by atoms with Crippen LogP contribution in [-0.2, 0) is 5.41 Å². The van der Waals surface area contributed by atoms with Gasteiger partial charge in [0.05, 0.1) is 0 Å². The third-order valence-electron chi connectivity index (χ3n) is 4.79. The van der Waals surface area contributed by atoms with Crippen molar-refractivity contribution in [3.05, 3.63) is 60.2 Å². The van der Waals surface area contributed by atoms with E-state index in [1.165, 1.54) is 24.8 Å². The molecule has 2 N–H and O–H groups in total. The van der Waals surface area contributed by atoms with E-state index in [0.717, 1.165) is 25.1 Å². The molecule has 5 heteroatoms. The fourth-order valence-electron chi connectivity index (χ4n) is 3.46. The molecule has 1 aromatic heterocycles. The minimum Gasteiger partial charge on any atom is -0.362 e. The highest BCUT2D eigenvalue weighted by Crippen LogP contribution is 2.39. The number of aromatic nitrogens is 1. The lowest BCUT2D eigenvalue weighted by Crippen LogP contribution is -2.43. The molecule has 0 atom stereocenters. The number of pyridine rings is 1. The maximum Gasteiger partial charge on any atom is 0.170 e. The van der Waals surface area contributed by atoms with Crippen LogP contribution in [0.4, 0.5) is 10.1 Å². The molecule has 0 radical (unpaired) electrons. The van der Waals surface area contributed by atoms with E-state index >= 15 is 0 Å². The number of hydrogen-bond donors (Lipinski definition) is 2. The van der Waals surface area contributed by atoms with Gasteiger partial charge in [0, 0.05) is 30.0 Å². The Hall–Kier alpha value is -2.01. The number of nitrogens with one attached hydrogen (secondary N) is 2. The lowest BCUT2D eigenvalue weighted by molar-refractivity contribution is 0.292. The van der Waals surface area contributed by atoms with E-state index in [1.807, 2.05) is 24.3 Å². The average Bonchev–Trinajstić information content (AvgIpc) is 2.62. The Bertz CT molecular complexity index is 667. The molecule has 0 saturated heterocycles. The Morgan fingerprint density at radius 1 is 1.04 bits per heavy atom. The Morgan fingerprint density at radius 3 is 2.38 bits per heavy atom. The molecule has 3 rings (SSSR count). The second kappa shape index (κ2) is 7.71. The van der Waals surface area contributed by atoms with Gasteiger partial charge in [-0.1, -0.05) is 31.4 Å². The highest BCUT2D eigenvalue weighted by atomic mass is 32.1. The summed E-state index contributed by atoms with van der Waals surface area (Å²) in [6.45, 7) is 0.759. The first-order chi connectivity index (χ1) is 11.7. The van der Waals surface area contributed by atoms with E-state index in [2.05, 4.69) is 15.6 Å². The second-order valence-corrected chi connectivity index (χ2v) is 6.80. The second-order valence-electron chi connectivity index (χ2n) is 6.39. The largest absolute Gasteiger partial charge is 0.362 e. The van der Waals surface area contributed by atoms with Crippen molar-refractivity contribution in [2.24, 2.45) is 0 Å². The van der Waals surface area contributed by atoms with Gasteiger partial charge in [-0.3, -0.25) is 4.98 Å². The quantitative estimate of drug-likeness (QED) is 0.807. The summed E-state index contributed by atoms with van der Waals surface area (Å²) in [6, 6.07) is 10.7. The van der Waals surface area contributed by atoms with E-state index in [9.17, 15) is 4.39 Å². The van der Waals surface area contributed by atoms with Crippen molar-refractivity contribution < 1.29 is 4.39 Å². The summed E-state index contributed by atoms with van der Waals surface area (Å²) in [5.74, 6) is -0.187. The van der Waals surface area contributed by atoms with Gasteiger partial charge in [-0.25, -0.2) is 4.39 Å². The molecular formula is C19H22FN3S. The molecule has 0 spiro atoms. The molecule has 3 nitrogen and oxygen atoms in total. The minimum absolute atomic E-state index is 0.0237. The molecule has 0 amide bonds. The monoisotopic (exact) mass is 343 g/mol. The van der Waals surface area contributed by atoms with Crippen LogP contribution >= 0.6 is 12.2 Å². The molecule has 1 fully saturated rings. The number of benzene rings is 1. The Kier molecular flexibility index (Phi) is 5.41. The number of anilines is 1. The van der Waals surface area contributed by atoms with Crippen molar-refractivity contribution in [1.82, 2.24) is 10.3 Å². The zero-order chi connectivity index (χ0) is 16.8. The highest BCUT2D eigenvalue weighted by Gasteiger charge is 2.33. The van der Waals surface area contributed by atoms with Gasteiger partial charge >= 0.3 is 0 Å². The number of rotatable bonds is 4. The van der Waals surface area contributed by atoms with Crippen LogP contribution in [0.5, 0.6) is 0 Å². The lowest BCUT2D eigenvalue weighted by atomic mass is 9.69. The SMILES string of the molecule is Fc1ccc(C2(CNC(=S)Nc3ccncc3)CCCCC2)cc1. The summed E-state index contributed by atoms with van der Waals surface area (Å²) in [4.78, 5) is 4.00. The van der Waals surface area contributed by atoms with Gasteiger partial charge in [0.15, 0.2) is 5.11 Å². The molecule has 0 bridgehead atoms. The maximum absolute atomic E-state index is 13.3. The normalized spacial score (nSPS) is 16.4. The van der Waals surface area contributed by atoms with Gasteiger partial charge in [-0.2, -0.15) is 0 Å². The van der Waals surface area contributed by atoms with Gasteiger partial charge < -0.3 is 10.6 Å². The van der Waals surface area contributed by atoms with Gasteiger partial charge in [0.1, 0.15) is 5.82 Å². The fraction of sp³-hybridized carbons (Fsp3) is 0.368. The summed E-state index contributed by atoms with van der Waals surface area (Å²) in [6.07, 6.45) is 9.32. The van der Waals surface area contributed by atoms with Crippen molar-refractivity contribution in [2.75, 3.05) is 11.9 Å². The van der Waals surface area contributed by atoms with Crippen LogP contribution in [0.15, 0.2) is 48.8 Å². The summed E-state index contributed by atoms with van der Waals surface area (Å²) < 4.78 is 13.3. The van der Waals surface area contributed by atoms with E-state index in [0.29, 0.717) is 5.11 Å². The van der Waals surface area contributed by atoms with Gasteiger partial charge in [0.2, 0.25) is 0 Å². The van der Waals surface area contributed by atoms with Gasteiger partial charge in [-0.15, -0.1) is 0 Å². The van der Waals surface area contributed by atoms with Crippen molar-refractivity contribution >= 4 is 23.0 Å². The summed E-state index contributed by atoms with van der Waals surface area (Å²) in [5.41, 5.74) is 2.14. The molecule has 1 aromatic carbocycles. The molecule has 1 saturated carbocycles. The standard InChI is InChI=1S/C19H22FN3S/c20-16-6-4-15(5-7-16)19(10-2-1-3-11-19)14-22-18(24)23-17-8-12-21-13-9-17/h4-9,12-13H,1-3,10-11,14H2,(H2,21,22,23,24). The zero-order valence-electron chi connectivity index (χ0n) is 13.6. The Labute approximate surface area is 147 Å². The van der Waals surface area contributed by atoms with Crippen molar-refractivity contribution in [2.45, 2.75) is 37.5 Å². The topological polar surface area (TPSA) is 37.0 Å². The minimum atomic E-state index is -0.187. The van der Waals surface area contributed by atoms with Gasteiger partial charge in [-0.05, 0) is 54.9 Å². The molecule has 0 unspecified atom stereocenters. The third-order valence-corrected chi connectivity index (χ3v) is 5.04. The van der Waals surface area contributed by atoms with Crippen molar-refractivity contribution in [3.8, 4) is 0 Å². The smallest absolute Gasteiger partial charge is 0.170 e. The number of hydrogen-bond acceptors (Lipinski definition) is 2. The van der Waals surface area contributed by atoms with Crippen LogP contribution in [0.1, 0.15) is 37.7 Å². The molecule has 1 heterocycles. The van der Waals surface area contributed by atoms with Crippen LogP contribution in [-0.4, -0.2) is 16.6 Å². The number of halogens is 1. The fourth-order valence-corrected chi connectivity index (χ4v) is 3.65. The van der Waals surface area contributed by atoms with Crippen LogP contribution < -0.4 is 10.6 Å². The number of thiocarbonyl (C=S) groups is 1. The van der Waals surface area contributed by atoms with Crippen LogP contribution in [0.3, 0.4) is 0 Å². The summed E-state index contributed by atoms with van der Waals surface area (Å²) in [5, 5.41) is 7.15. The lowest BCUT2D eigenvalue weighted by Gasteiger charge is -2.38. The Morgan fingerprint density at radius 2 is 1.71 bits per heavy atom. The van der Waals surface area contributed by atoms with Crippen LogP contribution in [0.2, 0.25) is 0 Å². The van der Waals surface area contributed by atoms with Crippen molar-refractivity contribution in [1.29, 1.82) is 0 Å². The third kappa shape index (κ3) is 4.09. The summed E-state index contributed by atoms with van der Waals surface area (Å²) in [7, 11) is 0. The molecule has 24 heavy (non-hydrogen) atoms. The molecule has 1 aliphatic carbocycles. The highest BCUT2D eigenvalue weighted by molar-refractivity contribution is 7.80.